The van der Waals surface area contributed by atoms with E-state index < -0.39 is 10.0 Å². The quantitative estimate of drug-likeness (QED) is 0.399. The standard InChI is InChI=1S/C27H29N5O3S/c1-30-11-9-19(16-30)17-35-27-8-5-22(15-28-27)21-4-7-24-26(13-21)31(18-29-24)23-6-3-20-10-12-32(25(20)14-23)36(2,33)34/h3-8,13-15,18-19H,9-12,16-17H2,1-2H3. The molecule has 2 aliphatic rings. The third-order valence-corrected chi connectivity index (χ3v) is 8.35. The number of hydrogen-bond acceptors (Lipinski definition) is 6. The zero-order valence-electron chi connectivity index (χ0n) is 20.5. The Morgan fingerprint density at radius 3 is 2.64 bits per heavy atom. The van der Waals surface area contributed by atoms with Crippen LogP contribution >= 0.6 is 0 Å². The number of rotatable bonds is 6. The van der Waals surface area contributed by atoms with Crippen LogP contribution in [0.4, 0.5) is 5.69 Å². The van der Waals surface area contributed by atoms with Crippen LogP contribution in [0.1, 0.15) is 12.0 Å². The lowest BCUT2D eigenvalue weighted by Crippen LogP contribution is -2.27. The highest BCUT2D eigenvalue weighted by Gasteiger charge is 2.26. The molecule has 2 aliphatic heterocycles. The Balaban J connectivity index is 1.27. The second-order valence-electron chi connectivity index (χ2n) is 9.83. The molecular formula is C27H29N5O3S. The van der Waals surface area contributed by atoms with Gasteiger partial charge < -0.3 is 9.64 Å². The lowest BCUT2D eigenvalue weighted by Gasteiger charge is -2.17. The van der Waals surface area contributed by atoms with E-state index in [0.29, 0.717) is 24.9 Å². The van der Waals surface area contributed by atoms with Crippen molar-refractivity contribution in [2.24, 2.45) is 5.92 Å². The van der Waals surface area contributed by atoms with E-state index in [1.807, 2.05) is 53.2 Å². The minimum Gasteiger partial charge on any atom is -0.477 e. The van der Waals surface area contributed by atoms with E-state index in [-0.39, 0.29) is 0 Å². The normalized spacial score (nSPS) is 18.2. The Bertz CT molecular complexity index is 1530. The number of likely N-dealkylation sites (tertiary alicyclic amines) is 1. The second kappa shape index (κ2) is 8.90. The lowest BCUT2D eigenvalue weighted by molar-refractivity contribution is 0.241. The molecular weight excluding hydrogens is 474 g/mol. The first-order valence-corrected chi connectivity index (χ1v) is 14.1. The van der Waals surface area contributed by atoms with E-state index in [9.17, 15) is 8.42 Å². The van der Waals surface area contributed by atoms with Crippen molar-refractivity contribution in [1.29, 1.82) is 0 Å². The number of hydrogen-bond donors (Lipinski definition) is 0. The Hall–Kier alpha value is -3.43. The smallest absolute Gasteiger partial charge is 0.232 e. The van der Waals surface area contributed by atoms with E-state index in [1.54, 1.807) is 6.33 Å². The maximum Gasteiger partial charge on any atom is 0.232 e. The minimum absolute atomic E-state index is 0.483. The highest BCUT2D eigenvalue weighted by Crippen LogP contribution is 2.33. The third kappa shape index (κ3) is 4.33. The molecule has 2 aromatic carbocycles. The topological polar surface area (TPSA) is 80.6 Å². The molecule has 1 saturated heterocycles. The number of aromatic nitrogens is 3. The summed E-state index contributed by atoms with van der Waals surface area (Å²) in [5.41, 5.74) is 6.51. The summed E-state index contributed by atoms with van der Waals surface area (Å²) in [6, 6.07) is 16.1. The van der Waals surface area contributed by atoms with Crippen molar-refractivity contribution >= 4 is 26.7 Å². The van der Waals surface area contributed by atoms with Crippen molar-refractivity contribution in [3.8, 4) is 22.7 Å². The monoisotopic (exact) mass is 503 g/mol. The van der Waals surface area contributed by atoms with Crippen molar-refractivity contribution in [1.82, 2.24) is 19.4 Å². The minimum atomic E-state index is -3.31. The molecule has 9 heteroatoms. The van der Waals surface area contributed by atoms with Crippen LogP contribution in [0, 0.1) is 5.92 Å². The van der Waals surface area contributed by atoms with Gasteiger partial charge in [-0.3, -0.25) is 8.87 Å². The van der Waals surface area contributed by atoms with Gasteiger partial charge in [0, 0.05) is 42.5 Å². The Labute approximate surface area is 211 Å². The fourth-order valence-corrected chi connectivity index (χ4v) is 6.18. The van der Waals surface area contributed by atoms with E-state index in [2.05, 4.69) is 28.0 Å². The maximum absolute atomic E-state index is 12.2. The largest absolute Gasteiger partial charge is 0.477 e. The van der Waals surface area contributed by atoms with Gasteiger partial charge in [-0.1, -0.05) is 12.1 Å². The first-order valence-electron chi connectivity index (χ1n) is 12.2. The summed E-state index contributed by atoms with van der Waals surface area (Å²) in [6.07, 6.45) is 6.77. The molecule has 0 N–H and O–H groups in total. The molecule has 1 fully saturated rings. The van der Waals surface area contributed by atoms with Crippen molar-refractivity contribution in [2.75, 3.05) is 43.8 Å². The highest BCUT2D eigenvalue weighted by molar-refractivity contribution is 7.92. The SMILES string of the molecule is CN1CCC(COc2ccc(-c3ccc4ncn(-c5ccc6c(c5)N(S(C)(=O)=O)CC6)c4c3)cn2)C1. The third-order valence-electron chi connectivity index (χ3n) is 7.17. The van der Waals surface area contributed by atoms with Crippen LogP contribution < -0.4 is 9.04 Å². The van der Waals surface area contributed by atoms with Crippen LogP contribution in [0.15, 0.2) is 61.1 Å². The molecule has 36 heavy (non-hydrogen) atoms. The molecule has 1 unspecified atom stereocenters. The Kier molecular flexibility index (Phi) is 5.69. The van der Waals surface area contributed by atoms with E-state index >= 15 is 0 Å². The van der Waals surface area contributed by atoms with Gasteiger partial charge in [0.25, 0.3) is 0 Å². The zero-order chi connectivity index (χ0) is 24.9. The van der Waals surface area contributed by atoms with Crippen LogP contribution in [-0.4, -0.2) is 67.4 Å². The van der Waals surface area contributed by atoms with Crippen LogP contribution in [-0.2, 0) is 16.4 Å². The van der Waals surface area contributed by atoms with E-state index in [1.165, 1.54) is 17.0 Å². The van der Waals surface area contributed by atoms with Crippen LogP contribution in [0.3, 0.4) is 0 Å². The number of ether oxygens (including phenoxy) is 1. The second-order valence-corrected chi connectivity index (χ2v) is 11.7. The molecule has 4 heterocycles. The number of imidazole rings is 1. The molecule has 0 radical (unpaired) electrons. The average molecular weight is 504 g/mol. The van der Waals surface area contributed by atoms with Gasteiger partial charge in [-0.2, -0.15) is 0 Å². The summed E-state index contributed by atoms with van der Waals surface area (Å²) in [4.78, 5) is 11.4. The predicted octanol–water partition coefficient (Wildman–Crippen LogP) is 3.74. The zero-order valence-corrected chi connectivity index (χ0v) is 21.3. The van der Waals surface area contributed by atoms with Gasteiger partial charge in [0.05, 0.1) is 29.6 Å². The van der Waals surface area contributed by atoms with Crippen molar-refractivity contribution in [2.45, 2.75) is 12.8 Å². The number of anilines is 1. The van der Waals surface area contributed by atoms with E-state index in [4.69, 9.17) is 4.74 Å². The number of pyridine rings is 1. The molecule has 0 amide bonds. The summed E-state index contributed by atoms with van der Waals surface area (Å²) >= 11 is 0. The fraction of sp³-hybridized carbons (Fsp3) is 0.333. The predicted molar refractivity (Wildman–Crippen MR) is 141 cm³/mol. The Morgan fingerprint density at radius 2 is 1.89 bits per heavy atom. The number of sulfonamides is 1. The van der Waals surface area contributed by atoms with Crippen molar-refractivity contribution < 1.29 is 13.2 Å². The summed E-state index contributed by atoms with van der Waals surface area (Å²) < 4.78 is 33.9. The summed E-state index contributed by atoms with van der Waals surface area (Å²) in [5.74, 6) is 1.20. The van der Waals surface area contributed by atoms with Gasteiger partial charge in [-0.25, -0.2) is 18.4 Å². The Morgan fingerprint density at radius 1 is 1.03 bits per heavy atom. The van der Waals surface area contributed by atoms with E-state index in [0.717, 1.165) is 58.6 Å². The summed E-state index contributed by atoms with van der Waals surface area (Å²) in [7, 11) is -1.17. The molecule has 0 bridgehead atoms. The van der Waals surface area contributed by atoms with Crippen LogP contribution in [0.25, 0.3) is 27.8 Å². The van der Waals surface area contributed by atoms with Gasteiger partial charge in [0.1, 0.15) is 6.33 Å². The van der Waals surface area contributed by atoms with Crippen molar-refractivity contribution in [3.05, 3.63) is 66.6 Å². The molecule has 6 rings (SSSR count). The van der Waals surface area contributed by atoms with Gasteiger partial charge in [0.15, 0.2) is 0 Å². The molecule has 0 aliphatic carbocycles. The molecule has 0 saturated carbocycles. The number of fused-ring (bicyclic) bond motifs is 2. The van der Waals surface area contributed by atoms with Crippen LogP contribution in [0.5, 0.6) is 5.88 Å². The number of nitrogens with zero attached hydrogens (tertiary/aromatic N) is 5. The van der Waals surface area contributed by atoms with Gasteiger partial charge in [-0.05, 0) is 67.9 Å². The fourth-order valence-electron chi connectivity index (χ4n) is 5.23. The molecule has 186 valence electrons. The van der Waals surface area contributed by atoms with Gasteiger partial charge in [-0.15, -0.1) is 0 Å². The van der Waals surface area contributed by atoms with Gasteiger partial charge in [0.2, 0.25) is 15.9 Å². The highest BCUT2D eigenvalue weighted by atomic mass is 32.2. The summed E-state index contributed by atoms with van der Waals surface area (Å²) in [5, 5.41) is 0. The molecule has 4 aromatic rings. The lowest BCUT2D eigenvalue weighted by atomic mass is 10.1. The first-order chi connectivity index (χ1) is 17.3. The number of benzene rings is 2. The average Bonchev–Trinajstić information content (AvgIpc) is 3.59. The first kappa shape index (κ1) is 23.0. The maximum atomic E-state index is 12.2. The molecule has 8 nitrogen and oxygen atoms in total. The molecule has 2 aromatic heterocycles. The molecule has 1 atom stereocenters. The summed E-state index contributed by atoms with van der Waals surface area (Å²) in [6.45, 7) is 3.37. The van der Waals surface area contributed by atoms with Crippen LogP contribution in [0.2, 0.25) is 0 Å². The van der Waals surface area contributed by atoms with Gasteiger partial charge >= 0.3 is 0 Å². The van der Waals surface area contributed by atoms with Crippen molar-refractivity contribution in [3.63, 3.8) is 0 Å². The molecule has 0 spiro atoms.